The van der Waals surface area contributed by atoms with Crippen molar-refractivity contribution in [2.45, 2.75) is 0 Å². The summed E-state index contributed by atoms with van der Waals surface area (Å²) in [5, 5.41) is 0. The van der Waals surface area contributed by atoms with E-state index in [0.717, 1.165) is 0 Å². The number of benzene rings is 1. The molecule has 0 heterocycles. The third-order valence-electron chi connectivity index (χ3n) is 1.27. The summed E-state index contributed by atoms with van der Waals surface area (Å²) in [6, 6.07) is 4.15. The van der Waals surface area contributed by atoms with E-state index in [1.54, 1.807) is 6.07 Å². The third-order valence-corrected chi connectivity index (χ3v) is 1.27. The maximum atomic E-state index is 12.8. The van der Waals surface area contributed by atoms with E-state index in [1.807, 2.05) is 0 Å². The average Bonchev–Trinajstić information content (AvgIpc) is 2.04. The lowest BCUT2D eigenvalue weighted by atomic mass is 10.3. The molecule has 0 spiro atoms. The molecule has 0 unspecified atom stereocenters. The Labute approximate surface area is 63.5 Å². The molecule has 3 nitrogen and oxygen atoms in total. The maximum Gasteiger partial charge on any atom is 0.182 e. The Morgan fingerprint density at radius 3 is 2.64 bits per heavy atom. The Kier molecular flexibility index (Phi) is 2.28. The molecule has 1 aromatic carbocycles. The molecule has 60 valence electrons. The summed E-state index contributed by atoms with van der Waals surface area (Å²) in [6.45, 7) is 0. The van der Waals surface area contributed by atoms with Crippen molar-refractivity contribution >= 4 is 0 Å². The smallest absolute Gasteiger partial charge is 0.182 e. The van der Waals surface area contributed by atoms with Crippen LogP contribution in [0.25, 0.3) is 0 Å². The highest BCUT2D eigenvalue weighted by Gasteiger charge is 2.02. The van der Waals surface area contributed by atoms with Gasteiger partial charge in [0.25, 0.3) is 0 Å². The zero-order valence-electron chi connectivity index (χ0n) is 6.00. The van der Waals surface area contributed by atoms with Crippen molar-refractivity contribution in [1.82, 2.24) is 0 Å². The Morgan fingerprint density at radius 1 is 1.45 bits per heavy atom. The Balaban J connectivity index is 2.99. The monoisotopic (exact) mass is 157 g/mol. The van der Waals surface area contributed by atoms with E-state index in [2.05, 4.69) is 4.84 Å². The van der Waals surface area contributed by atoms with E-state index < -0.39 is 5.82 Å². The number of rotatable bonds is 2. The standard InChI is InChI=1S/C7H8FNO2/c1-10-5-2-3-7(11-9)6(8)4-5/h2-4H,9H2,1H3. The largest absolute Gasteiger partial charge is 0.497 e. The predicted molar refractivity (Wildman–Crippen MR) is 37.8 cm³/mol. The van der Waals surface area contributed by atoms with Crippen LogP contribution in [0.2, 0.25) is 0 Å². The number of hydrogen-bond donors (Lipinski definition) is 1. The first-order chi connectivity index (χ1) is 5.27. The van der Waals surface area contributed by atoms with E-state index in [1.165, 1.54) is 19.2 Å². The lowest BCUT2D eigenvalue weighted by Gasteiger charge is -2.02. The van der Waals surface area contributed by atoms with Crippen LogP contribution in [0, 0.1) is 5.82 Å². The maximum absolute atomic E-state index is 12.8. The van der Waals surface area contributed by atoms with Crippen molar-refractivity contribution in [2.24, 2.45) is 5.90 Å². The normalized spacial score (nSPS) is 9.36. The molecule has 0 saturated heterocycles. The van der Waals surface area contributed by atoms with Gasteiger partial charge >= 0.3 is 0 Å². The molecule has 2 N–H and O–H groups in total. The number of halogens is 1. The fourth-order valence-electron chi connectivity index (χ4n) is 0.704. The molecule has 0 radical (unpaired) electrons. The van der Waals surface area contributed by atoms with Crippen molar-refractivity contribution in [3.63, 3.8) is 0 Å². The van der Waals surface area contributed by atoms with Gasteiger partial charge in [0.15, 0.2) is 11.6 Å². The first-order valence-electron chi connectivity index (χ1n) is 2.98. The van der Waals surface area contributed by atoms with Crippen LogP contribution in [-0.4, -0.2) is 7.11 Å². The van der Waals surface area contributed by atoms with E-state index in [0.29, 0.717) is 5.75 Å². The van der Waals surface area contributed by atoms with Crippen LogP contribution < -0.4 is 15.5 Å². The quantitative estimate of drug-likeness (QED) is 0.653. The van der Waals surface area contributed by atoms with Crippen LogP contribution in [0.3, 0.4) is 0 Å². The Hall–Kier alpha value is -1.29. The molecule has 0 amide bonds. The molecule has 0 bridgehead atoms. The zero-order chi connectivity index (χ0) is 8.27. The second-order valence-electron chi connectivity index (χ2n) is 1.91. The first kappa shape index (κ1) is 7.81. The fraction of sp³-hybridized carbons (Fsp3) is 0.143. The van der Waals surface area contributed by atoms with Gasteiger partial charge in [0.2, 0.25) is 0 Å². The summed E-state index contributed by atoms with van der Waals surface area (Å²) >= 11 is 0. The van der Waals surface area contributed by atoms with Gasteiger partial charge in [-0.3, -0.25) is 0 Å². The molecule has 0 atom stereocenters. The van der Waals surface area contributed by atoms with Crippen molar-refractivity contribution in [2.75, 3.05) is 7.11 Å². The van der Waals surface area contributed by atoms with Gasteiger partial charge in [-0.1, -0.05) is 0 Å². The molecule has 0 aliphatic carbocycles. The predicted octanol–water partition coefficient (Wildman–Crippen LogP) is 1.09. The average molecular weight is 157 g/mol. The van der Waals surface area contributed by atoms with Gasteiger partial charge in [0.05, 0.1) is 7.11 Å². The van der Waals surface area contributed by atoms with E-state index in [-0.39, 0.29) is 5.75 Å². The summed E-state index contributed by atoms with van der Waals surface area (Å²) in [5.41, 5.74) is 0. The summed E-state index contributed by atoms with van der Waals surface area (Å²) in [4.78, 5) is 4.21. The molecule has 0 aliphatic rings. The van der Waals surface area contributed by atoms with E-state index in [9.17, 15) is 4.39 Å². The van der Waals surface area contributed by atoms with Gasteiger partial charge in [-0.25, -0.2) is 4.39 Å². The lowest BCUT2D eigenvalue weighted by Crippen LogP contribution is -2.03. The van der Waals surface area contributed by atoms with Crippen molar-refractivity contribution < 1.29 is 14.0 Å². The molecule has 0 saturated carbocycles. The van der Waals surface area contributed by atoms with Gasteiger partial charge in [0, 0.05) is 6.07 Å². The van der Waals surface area contributed by atoms with E-state index in [4.69, 9.17) is 10.6 Å². The minimum Gasteiger partial charge on any atom is -0.497 e. The topological polar surface area (TPSA) is 44.5 Å². The van der Waals surface area contributed by atoms with Crippen LogP contribution in [0.15, 0.2) is 18.2 Å². The molecule has 11 heavy (non-hydrogen) atoms. The van der Waals surface area contributed by atoms with Crippen molar-refractivity contribution in [1.29, 1.82) is 0 Å². The molecule has 0 fully saturated rings. The molecular weight excluding hydrogens is 149 g/mol. The summed E-state index contributed by atoms with van der Waals surface area (Å²) in [7, 11) is 1.46. The highest BCUT2D eigenvalue weighted by atomic mass is 19.1. The molecular formula is C7H8FNO2. The minimum absolute atomic E-state index is 0.00537. The SMILES string of the molecule is COc1ccc(ON)c(F)c1. The van der Waals surface area contributed by atoms with Crippen LogP contribution in [0.5, 0.6) is 11.5 Å². The first-order valence-corrected chi connectivity index (χ1v) is 2.98. The molecule has 1 rings (SSSR count). The van der Waals surface area contributed by atoms with Gasteiger partial charge in [-0.05, 0) is 12.1 Å². The number of ether oxygens (including phenoxy) is 1. The van der Waals surface area contributed by atoms with E-state index >= 15 is 0 Å². The second-order valence-corrected chi connectivity index (χ2v) is 1.91. The molecule has 0 aromatic heterocycles. The third kappa shape index (κ3) is 1.59. The second kappa shape index (κ2) is 3.21. The van der Waals surface area contributed by atoms with Crippen molar-refractivity contribution in [3.05, 3.63) is 24.0 Å². The highest BCUT2D eigenvalue weighted by Crippen LogP contribution is 2.20. The van der Waals surface area contributed by atoms with Crippen LogP contribution >= 0.6 is 0 Å². The van der Waals surface area contributed by atoms with Crippen LogP contribution in [-0.2, 0) is 0 Å². The highest BCUT2D eigenvalue weighted by molar-refractivity contribution is 5.32. The van der Waals surface area contributed by atoms with Crippen molar-refractivity contribution in [3.8, 4) is 11.5 Å². The number of nitrogens with two attached hydrogens (primary N) is 1. The fourth-order valence-corrected chi connectivity index (χ4v) is 0.704. The minimum atomic E-state index is -0.535. The summed E-state index contributed by atoms with van der Waals surface area (Å²) < 4.78 is 17.5. The molecule has 0 aliphatic heterocycles. The van der Waals surface area contributed by atoms with Gasteiger partial charge in [-0.2, -0.15) is 5.90 Å². The van der Waals surface area contributed by atoms with Crippen LogP contribution in [0.1, 0.15) is 0 Å². The van der Waals surface area contributed by atoms with Gasteiger partial charge in [0.1, 0.15) is 5.75 Å². The Morgan fingerprint density at radius 2 is 2.18 bits per heavy atom. The van der Waals surface area contributed by atoms with Crippen LogP contribution in [0.4, 0.5) is 4.39 Å². The summed E-state index contributed by atoms with van der Waals surface area (Å²) in [5.74, 6) is 4.67. The lowest BCUT2D eigenvalue weighted by molar-refractivity contribution is 0.313. The number of hydrogen-bond acceptors (Lipinski definition) is 3. The molecule has 4 heteroatoms. The number of methoxy groups -OCH3 is 1. The van der Waals surface area contributed by atoms with Gasteiger partial charge in [-0.15, -0.1) is 0 Å². The summed E-state index contributed by atoms with van der Waals surface area (Å²) in [6.07, 6.45) is 0. The Bertz CT molecular complexity index is 252. The zero-order valence-corrected chi connectivity index (χ0v) is 6.00. The molecule has 1 aromatic rings. The van der Waals surface area contributed by atoms with Gasteiger partial charge < -0.3 is 9.57 Å².